The Morgan fingerprint density at radius 2 is 0.909 bits per heavy atom. The molecule has 0 aromatic heterocycles. The number of non-ortho nitro benzene ring substituents is 1. The van der Waals surface area contributed by atoms with Crippen molar-refractivity contribution >= 4 is 17.3 Å². The van der Waals surface area contributed by atoms with Gasteiger partial charge in [0.15, 0.2) is 18.9 Å². The molecule has 0 saturated carbocycles. The molecule has 25 heteroatoms. The molecule has 0 unspecified atom stereocenters. The SMILES string of the molecule is O=[N+]([O-])c1ccc(O[C@@H]2O[C@H](CO)[C@@H](O[C@@H]3O[C@H](CO)[C@@H](O[C@@H]4O[C@H](CO)[C@@H](O[C@@H]5O[C@H](CO)[C@@H](O)[C@H](O)[C@H]5O)[C@H](O)[C@H]4O)[C@H](O)[C@H]3O)[C@H](O)[C@H]2O)c(Cl)c1. The van der Waals surface area contributed by atoms with Crippen molar-refractivity contribution in [3.63, 3.8) is 0 Å². The molecule has 55 heavy (non-hydrogen) atoms. The molecule has 24 nitrogen and oxygen atoms in total. The Hall–Kier alpha value is -2.09. The molecule has 0 aliphatic carbocycles. The van der Waals surface area contributed by atoms with Crippen LogP contribution in [0.15, 0.2) is 18.2 Å². The number of hydrogen-bond acceptors (Lipinski definition) is 23. The highest BCUT2D eigenvalue weighted by atomic mass is 35.5. The highest BCUT2D eigenvalue weighted by Gasteiger charge is 2.55. The molecule has 4 saturated heterocycles. The van der Waals surface area contributed by atoms with E-state index >= 15 is 0 Å². The number of halogens is 1. The van der Waals surface area contributed by atoms with Crippen LogP contribution >= 0.6 is 11.6 Å². The molecular weight excluding hydrogens is 778 g/mol. The average molecular weight is 822 g/mol. The lowest BCUT2D eigenvalue weighted by atomic mass is 9.95. The van der Waals surface area contributed by atoms with Gasteiger partial charge in [0.1, 0.15) is 103 Å². The van der Waals surface area contributed by atoms with Gasteiger partial charge >= 0.3 is 0 Å². The Balaban J connectivity index is 1.23. The van der Waals surface area contributed by atoms with Gasteiger partial charge in [0.2, 0.25) is 6.29 Å². The summed E-state index contributed by atoms with van der Waals surface area (Å²) in [6, 6.07) is 3.13. The molecule has 1 aromatic rings. The van der Waals surface area contributed by atoms with Crippen LogP contribution in [-0.4, -0.2) is 221 Å². The van der Waals surface area contributed by atoms with Crippen molar-refractivity contribution in [1.29, 1.82) is 0 Å². The van der Waals surface area contributed by atoms with Crippen LogP contribution in [0.5, 0.6) is 5.75 Å². The van der Waals surface area contributed by atoms with Crippen LogP contribution in [0.2, 0.25) is 5.02 Å². The number of nitro benzene ring substituents is 1. The molecule has 0 radical (unpaired) electrons. The first-order chi connectivity index (χ1) is 26.1. The summed E-state index contributed by atoms with van der Waals surface area (Å²) in [5, 5.41) is 146. The molecule has 4 aliphatic heterocycles. The maximum Gasteiger partial charge on any atom is 0.271 e. The molecular formula is C30H44ClNO23. The number of nitrogens with zero attached hydrogens (tertiary/aromatic N) is 1. The van der Waals surface area contributed by atoms with Gasteiger partial charge in [0, 0.05) is 12.1 Å². The number of rotatable bonds is 13. The van der Waals surface area contributed by atoms with Crippen LogP contribution in [0.25, 0.3) is 0 Å². The van der Waals surface area contributed by atoms with Crippen molar-refractivity contribution in [3.05, 3.63) is 33.3 Å². The second-order valence-corrected chi connectivity index (χ2v) is 13.5. The van der Waals surface area contributed by atoms with Gasteiger partial charge in [-0.15, -0.1) is 0 Å². The Bertz CT molecular complexity index is 1410. The van der Waals surface area contributed by atoms with E-state index in [9.17, 15) is 76.5 Å². The van der Waals surface area contributed by atoms with Gasteiger partial charge in [0.05, 0.1) is 36.4 Å². The van der Waals surface area contributed by atoms with E-state index in [1.54, 1.807) is 0 Å². The van der Waals surface area contributed by atoms with E-state index in [1.165, 1.54) is 0 Å². The van der Waals surface area contributed by atoms with E-state index in [1.807, 2.05) is 0 Å². The summed E-state index contributed by atoms with van der Waals surface area (Å²) in [5.41, 5.74) is -0.367. The predicted molar refractivity (Wildman–Crippen MR) is 170 cm³/mol. The average Bonchev–Trinajstić information content (AvgIpc) is 3.17. The zero-order chi connectivity index (χ0) is 40.5. The van der Waals surface area contributed by atoms with E-state index < -0.39 is 154 Å². The van der Waals surface area contributed by atoms with E-state index in [2.05, 4.69) is 0 Å². The summed E-state index contributed by atoms with van der Waals surface area (Å²) < 4.78 is 44.2. The predicted octanol–water partition coefficient (Wildman–Crippen LogP) is -7.10. The molecule has 13 N–H and O–H groups in total. The fourth-order valence-electron chi connectivity index (χ4n) is 6.45. The Kier molecular flexibility index (Phi) is 14.9. The number of nitro groups is 1. The monoisotopic (exact) mass is 821 g/mol. The molecule has 4 aliphatic rings. The fraction of sp³-hybridized carbons (Fsp3) is 0.800. The summed E-state index contributed by atoms with van der Waals surface area (Å²) in [5.74, 6) is -0.188. The van der Waals surface area contributed by atoms with Crippen molar-refractivity contribution in [2.24, 2.45) is 0 Å². The number of hydrogen-bond donors (Lipinski definition) is 13. The Labute approximate surface area is 314 Å². The minimum atomic E-state index is -2.08. The van der Waals surface area contributed by atoms with E-state index in [0.29, 0.717) is 0 Å². The topological polar surface area (TPSA) is 380 Å². The maximum absolute atomic E-state index is 11.1. The molecule has 4 fully saturated rings. The fourth-order valence-corrected chi connectivity index (χ4v) is 6.67. The third kappa shape index (κ3) is 9.15. The van der Waals surface area contributed by atoms with Gasteiger partial charge in [0.25, 0.3) is 5.69 Å². The van der Waals surface area contributed by atoms with E-state index in [0.717, 1.165) is 18.2 Å². The zero-order valence-corrected chi connectivity index (χ0v) is 29.1. The quantitative estimate of drug-likeness (QED) is 0.0649. The Morgan fingerprint density at radius 1 is 0.545 bits per heavy atom. The number of aliphatic hydroxyl groups is 13. The van der Waals surface area contributed by atoms with Crippen LogP contribution in [-0.2, 0) is 33.2 Å². The molecule has 0 bridgehead atoms. The maximum atomic E-state index is 11.1. The summed E-state index contributed by atoms with van der Waals surface area (Å²) in [6.45, 7) is -3.56. The highest BCUT2D eigenvalue weighted by Crippen LogP contribution is 2.36. The van der Waals surface area contributed by atoms with Crippen molar-refractivity contribution in [2.45, 2.75) is 123 Å². The molecule has 314 valence electrons. The first kappa shape index (κ1) is 44.0. The van der Waals surface area contributed by atoms with Crippen molar-refractivity contribution in [2.75, 3.05) is 26.4 Å². The number of aliphatic hydroxyl groups excluding tert-OH is 13. The lowest BCUT2D eigenvalue weighted by molar-refractivity contribution is -0.387. The molecule has 4 heterocycles. The normalized spacial score (nSPS) is 45.3. The van der Waals surface area contributed by atoms with Crippen LogP contribution in [0.3, 0.4) is 0 Å². The number of benzene rings is 1. The first-order valence-electron chi connectivity index (χ1n) is 16.8. The molecule has 20 atom stereocenters. The third-order valence-corrected chi connectivity index (χ3v) is 9.85. The lowest BCUT2D eigenvalue weighted by Crippen LogP contribution is -2.67. The zero-order valence-electron chi connectivity index (χ0n) is 28.3. The summed E-state index contributed by atoms with van der Waals surface area (Å²) in [4.78, 5) is 10.3. The van der Waals surface area contributed by atoms with Crippen molar-refractivity contribution in [3.8, 4) is 5.75 Å². The minimum Gasteiger partial charge on any atom is -0.460 e. The van der Waals surface area contributed by atoms with Crippen LogP contribution in [0.4, 0.5) is 5.69 Å². The van der Waals surface area contributed by atoms with Gasteiger partial charge in [-0.3, -0.25) is 10.1 Å². The second-order valence-electron chi connectivity index (χ2n) is 13.1. The van der Waals surface area contributed by atoms with Crippen LogP contribution < -0.4 is 4.74 Å². The van der Waals surface area contributed by atoms with Gasteiger partial charge in [-0.05, 0) is 6.07 Å². The van der Waals surface area contributed by atoms with Gasteiger partial charge < -0.3 is 104 Å². The standard InChI is InChI=1S/C30H44ClNO23/c31-9-3-8(32(46)47)1-2-10(9)48-27-21(43)17(39)24(12(5-34)50-27)54-29-23(45)19(41)26(14(7-36)52-29)55-30-22(44)18(40)25(13(6-35)51-30)53-28-20(42)16(38)15(37)11(4-33)49-28/h1-3,11-30,33-45H,4-7H2/t11-,12-,13-,14-,15-,16+,17-,18-,19-,20-,21-,22-,23-,24-,25-,26-,27-,28+,29+,30+/m1/s1. The smallest absolute Gasteiger partial charge is 0.271 e. The van der Waals surface area contributed by atoms with E-state index in [-0.39, 0.29) is 16.5 Å². The highest BCUT2D eigenvalue weighted by molar-refractivity contribution is 6.32. The van der Waals surface area contributed by atoms with Gasteiger partial charge in [-0.2, -0.15) is 0 Å². The first-order valence-corrected chi connectivity index (χ1v) is 17.2. The van der Waals surface area contributed by atoms with Crippen molar-refractivity contribution in [1.82, 2.24) is 0 Å². The molecule has 5 rings (SSSR count). The van der Waals surface area contributed by atoms with Crippen molar-refractivity contribution < 1.29 is 109 Å². The van der Waals surface area contributed by atoms with Crippen LogP contribution in [0, 0.1) is 10.1 Å². The summed E-state index contributed by atoms with van der Waals surface area (Å²) >= 11 is 6.04. The lowest BCUT2D eigenvalue weighted by Gasteiger charge is -2.49. The number of ether oxygens (including phenoxy) is 8. The summed E-state index contributed by atoms with van der Waals surface area (Å²) in [7, 11) is 0. The largest absolute Gasteiger partial charge is 0.460 e. The van der Waals surface area contributed by atoms with Crippen LogP contribution in [0.1, 0.15) is 0 Å². The second kappa shape index (κ2) is 18.7. The van der Waals surface area contributed by atoms with Gasteiger partial charge in [-0.1, -0.05) is 11.6 Å². The Morgan fingerprint density at radius 3 is 1.29 bits per heavy atom. The minimum absolute atomic E-state index is 0.188. The van der Waals surface area contributed by atoms with Gasteiger partial charge in [-0.25, -0.2) is 0 Å². The van der Waals surface area contributed by atoms with E-state index in [4.69, 9.17) is 49.5 Å². The molecule has 0 spiro atoms. The summed E-state index contributed by atoms with van der Waals surface area (Å²) in [6.07, 6.45) is -36.1. The molecule has 0 amide bonds. The third-order valence-electron chi connectivity index (χ3n) is 9.55. The molecule has 1 aromatic carbocycles.